The second-order valence-corrected chi connectivity index (χ2v) is 5.89. The Morgan fingerprint density at radius 3 is 2.47 bits per heavy atom. The molecular weight excluding hydrogens is 238 g/mol. The Hall–Kier alpha value is -1.20. The van der Waals surface area contributed by atoms with Gasteiger partial charge in [0.05, 0.1) is 5.69 Å². The van der Waals surface area contributed by atoms with E-state index >= 15 is 0 Å². The minimum Gasteiger partial charge on any atom is -0.354 e. The molecule has 0 saturated carbocycles. The number of hydrogen-bond acceptors (Lipinski definition) is 5. The first-order chi connectivity index (χ1) is 9.22. The minimum atomic E-state index is 0.287. The lowest BCUT2D eigenvalue weighted by Crippen LogP contribution is -2.30. The van der Waals surface area contributed by atoms with Crippen molar-refractivity contribution in [2.45, 2.75) is 31.2 Å². The highest BCUT2D eigenvalue weighted by atomic mass is 15.3. The van der Waals surface area contributed by atoms with Crippen molar-refractivity contribution >= 4 is 5.82 Å². The van der Waals surface area contributed by atoms with E-state index in [1.807, 2.05) is 0 Å². The van der Waals surface area contributed by atoms with Crippen molar-refractivity contribution in [1.29, 1.82) is 0 Å². The van der Waals surface area contributed by atoms with Crippen molar-refractivity contribution in [2.24, 2.45) is 5.73 Å². The van der Waals surface area contributed by atoms with Gasteiger partial charge in [-0.1, -0.05) is 0 Å². The van der Waals surface area contributed by atoms with E-state index in [1.165, 1.54) is 12.8 Å². The molecule has 3 rings (SSSR count). The summed E-state index contributed by atoms with van der Waals surface area (Å²) >= 11 is 0. The smallest absolute Gasteiger partial charge is 0.151 e. The molecule has 1 aromatic heterocycles. The normalized spacial score (nSPS) is 26.0. The van der Waals surface area contributed by atoms with Crippen LogP contribution in [0, 0.1) is 0 Å². The average Bonchev–Trinajstić information content (AvgIpc) is 2.87. The van der Waals surface area contributed by atoms with Crippen molar-refractivity contribution in [2.75, 3.05) is 38.1 Å². The number of nitrogens with zero attached hydrogens (tertiary/aromatic N) is 4. The quantitative estimate of drug-likeness (QED) is 0.854. The molecule has 2 N–H and O–H groups in total. The topological polar surface area (TPSA) is 58.3 Å². The van der Waals surface area contributed by atoms with Crippen LogP contribution in [-0.2, 0) is 0 Å². The highest BCUT2D eigenvalue weighted by molar-refractivity contribution is 5.39. The first-order valence-electron chi connectivity index (χ1n) is 7.25. The van der Waals surface area contributed by atoms with E-state index in [1.54, 1.807) is 0 Å². The van der Waals surface area contributed by atoms with E-state index in [9.17, 15) is 0 Å². The number of nitrogens with two attached hydrogens (primary N) is 1. The zero-order chi connectivity index (χ0) is 13.2. The molecule has 19 heavy (non-hydrogen) atoms. The summed E-state index contributed by atoms with van der Waals surface area (Å²) in [5, 5.41) is 8.84. The molecule has 0 amide bonds. The van der Waals surface area contributed by atoms with Gasteiger partial charge in [-0.15, -0.1) is 5.10 Å². The molecule has 2 aliphatic rings. The van der Waals surface area contributed by atoms with Crippen molar-refractivity contribution < 1.29 is 0 Å². The molecule has 0 spiro atoms. The Morgan fingerprint density at radius 1 is 1.11 bits per heavy atom. The zero-order valence-corrected chi connectivity index (χ0v) is 11.6. The summed E-state index contributed by atoms with van der Waals surface area (Å²) in [5.41, 5.74) is 7.08. The van der Waals surface area contributed by atoms with Crippen LogP contribution < -0.4 is 10.6 Å². The molecule has 0 aromatic carbocycles. The summed E-state index contributed by atoms with van der Waals surface area (Å²) in [5.74, 6) is 1.56. The molecule has 2 fully saturated rings. The SMILES string of the molecule is CN1CCC(c2ccc(N3CCC(N)C3)nn2)CC1. The van der Waals surface area contributed by atoms with E-state index in [-0.39, 0.29) is 6.04 Å². The van der Waals surface area contributed by atoms with Crippen LogP contribution in [0.15, 0.2) is 12.1 Å². The Morgan fingerprint density at radius 2 is 1.89 bits per heavy atom. The van der Waals surface area contributed by atoms with Gasteiger partial charge in [0.2, 0.25) is 0 Å². The third-order valence-corrected chi connectivity index (χ3v) is 4.36. The molecule has 0 bridgehead atoms. The Balaban J connectivity index is 1.65. The van der Waals surface area contributed by atoms with Gasteiger partial charge in [0.15, 0.2) is 5.82 Å². The van der Waals surface area contributed by atoms with E-state index in [2.05, 4.69) is 39.2 Å². The molecule has 5 heteroatoms. The lowest BCUT2D eigenvalue weighted by atomic mass is 9.94. The second kappa shape index (κ2) is 5.43. The molecule has 0 radical (unpaired) electrons. The summed E-state index contributed by atoms with van der Waals surface area (Å²) < 4.78 is 0. The van der Waals surface area contributed by atoms with E-state index < -0.39 is 0 Å². The second-order valence-electron chi connectivity index (χ2n) is 5.89. The Kier molecular flexibility index (Phi) is 3.66. The summed E-state index contributed by atoms with van der Waals surface area (Å²) in [7, 11) is 2.18. The highest BCUT2D eigenvalue weighted by Crippen LogP contribution is 2.26. The zero-order valence-electron chi connectivity index (χ0n) is 11.6. The fourth-order valence-electron chi connectivity index (χ4n) is 3.02. The van der Waals surface area contributed by atoms with Crippen molar-refractivity contribution in [3.8, 4) is 0 Å². The predicted molar refractivity (Wildman–Crippen MR) is 76.3 cm³/mol. The molecular formula is C14H23N5. The van der Waals surface area contributed by atoms with Gasteiger partial charge in [0.25, 0.3) is 0 Å². The largest absolute Gasteiger partial charge is 0.354 e. The summed E-state index contributed by atoms with van der Waals surface area (Å²) in [6.45, 7) is 4.23. The maximum Gasteiger partial charge on any atom is 0.151 e. The van der Waals surface area contributed by atoms with Crippen molar-refractivity contribution in [1.82, 2.24) is 15.1 Å². The van der Waals surface area contributed by atoms with Gasteiger partial charge in [-0.05, 0) is 51.5 Å². The van der Waals surface area contributed by atoms with E-state index in [4.69, 9.17) is 5.73 Å². The molecule has 2 aliphatic heterocycles. The highest BCUT2D eigenvalue weighted by Gasteiger charge is 2.22. The number of anilines is 1. The van der Waals surface area contributed by atoms with Crippen LogP contribution in [0.25, 0.3) is 0 Å². The van der Waals surface area contributed by atoms with Gasteiger partial charge in [0.1, 0.15) is 0 Å². The van der Waals surface area contributed by atoms with Gasteiger partial charge >= 0.3 is 0 Å². The fourth-order valence-corrected chi connectivity index (χ4v) is 3.02. The fraction of sp³-hybridized carbons (Fsp3) is 0.714. The predicted octanol–water partition coefficient (Wildman–Crippen LogP) is 0.823. The molecule has 0 aliphatic carbocycles. The summed E-state index contributed by atoms with van der Waals surface area (Å²) in [6.07, 6.45) is 3.44. The van der Waals surface area contributed by atoms with Crippen LogP contribution in [0.2, 0.25) is 0 Å². The number of likely N-dealkylation sites (tertiary alicyclic amines) is 1. The number of aromatic nitrogens is 2. The lowest BCUT2D eigenvalue weighted by molar-refractivity contribution is 0.253. The van der Waals surface area contributed by atoms with Crippen LogP contribution in [0.5, 0.6) is 0 Å². The van der Waals surface area contributed by atoms with E-state index in [0.717, 1.165) is 44.1 Å². The van der Waals surface area contributed by atoms with Gasteiger partial charge in [-0.25, -0.2) is 0 Å². The molecule has 3 heterocycles. The standard InChI is InChI=1S/C14H23N5/c1-18-7-4-11(5-8-18)13-2-3-14(17-16-13)19-9-6-12(15)10-19/h2-3,11-12H,4-10,15H2,1H3. The van der Waals surface area contributed by atoms with Crippen LogP contribution in [0.4, 0.5) is 5.82 Å². The maximum absolute atomic E-state index is 5.93. The van der Waals surface area contributed by atoms with Crippen molar-refractivity contribution in [3.63, 3.8) is 0 Å². The lowest BCUT2D eigenvalue weighted by Gasteiger charge is -2.28. The molecule has 104 valence electrons. The van der Waals surface area contributed by atoms with Crippen molar-refractivity contribution in [3.05, 3.63) is 17.8 Å². The minimum absolute atomic E-state index is 0.287. The maximum atomic E-state index is 5.93. The monoisotopic (exact) mass is 261 g/mol. The molecule has 2 saturated heterocycles. The molecule has 1 aromatic rings. The van der Waals surface area contributed by atoms with Gasteiger partial charge in [-0.3, -0.25) is 0 Å². The molecule has 1 unspecified atom stereocenters. The summed E-state index contributed by atoms with van der Waals surface area (Å²) in [6, 6.07) is 4.55. The molecule has 1 atom stereocenters. The number of piperidine rings is 1. The Bertz CT molecular complexity index is 410. The molecule has 5 nitrogen and oxygen atoms in total. The third-order valence-electron chi connectivity index (χ3n) is 4.36. The van der Waals surface area contributed by atoms with Crippen LogP contribution in [0.1, 0.15) is 30.9 Å². The van der Waals surface area contributed by atoms with Gasteiger partial charge in [0, 0.05) is 25.0 Å². The first kappa shape index (κ1) is 12.8. The van der Waals surface area contributed by atoms with Gasteiger partial charge < -0.3 is 15.5 Å². The third kappa shape index (κ3) is 2.87. The van der Waals surface area contributed by atoms with Crippen LogP contribution >= 0.6 is 0 Å². The van der Waals surface area contributed by atoms with Crippen LogP contribution in [-0.4, -0.2) is 54.4 Å². The van der Waals surface area contributed by atoms with E-state index in [0.29, 0.717) is 5.92 Å². The number of hydrogen-bond donors (Lipinski definition) is 1. The Labute approximate surface area is 114 Å². The number of rotatable bonds is 2. The summed E-state index contributed by atoms with van der Waals surface area (Å²) in [4.78, 5) is 4.61. The van der Waals surface area contributed by atoms with Gasteiger partial charge in [-0.2, -0.15) is 5.10 Å². The van der Waals surface area contributed by atoms with Crippen LogP contribution in [0.3, 0.4) is 0 Å². The average molecular weight is 261 g/mol. The first-order valence-corrected chi connectivity index (χ1v) is 7.25.